The number of esters is 1. The van der Waals surface area contributed by atoms with Gasteiger partial charge in [-0.1, -0.05) is 15.9 Å². The monoisotopic (exact) mass is 394 g/mol. The van der Waals surface area contributed by atoms with Crippen molar-refractivity contribution in [2.45, 2.75) is 26.1 Å². The molecular formula is C15H14BrF3O4. The first-order valence-corrected chi connectivity index (χ1v) is 7.66. The minimum atomic E-state index is -4.76. The van der Waals surface area contributed by atoms with Gasteiger partial charge in [-0.25, -0.2) is 4.79 Å². The maximum absolute atomic E-state index is 13.3. The number of hydrogen-bond acceptors (Lipinski definition) is 4. The van der Waals surface area contributed by atoms with Crippen LogP contribution in [-0.4, -0.2) is 31.5 Å². The summed E-state index contributed by atoms with van der Waals surface area (Å²) in [5.74, 6) is -0.940. The van der Waals surface area contributed by atoms with Crippen molar-refractivity contribution in [3.63, 3.8) is 0 Å². The molecule has 23 heavy (non-hydrogen) atoms. The van der Waals surface area contributed by atoms with Crippen LogP contribution in [0, 0.1) is 0 Å². The summed E-state index contributed by atoms with van der Waals surface area (Å²) in [5.41, 5.74) is -0.291. The van der Waals surface area contributed by atoms with Crippen molar-refractivity contribution in [3.05, 3.63) is 27.7 Å². The van der Waals surface area contributed by atoms with Gasteiger partial charge in [-0.2, -0.15) is 13.2 Å². The fourth-order valence-electron chi connectivity index (χ4n) is 2.12. The van der Waals surface area contributed by atoms with E-state index in [1.807, 2.05) is 0 Å². The Morgan fingerprint density at radius 1 is 1.30 bits per heavy atom. The normalized spacial score (nSPS) is 17.0. The Kier molecular flexibility index (Phi) is 5.23. The van der Waals surface area contributed by atoms with Crippen LogP contribution in [0.15, 0.2) is 22.2 Å². The van der Waals surface area contributed by atoms with E-state index in [1.54, 1.807) is 13.0 Å². The molecule has 1 aromatic carbocycles. The summed E-state index contributed by atoms with van der Waals surface area (Å²) in [6, 6.07) is 3.11. The number of alkyl halides is 3. The van der Waals surface area contributed by atoms with E-state index in [4.69, 9.17) is 14.2 Å². The van der Waals surface area contributed by atoms with Gasteiger partial charge in [0, 0.05) is 10.0 Å². The van der Waals surface area contributed by atoms with Crippen molar-refractivity contribution in [2.75, 3.05) is 13.2 Å². The first kappa shape index (κ1) is 17.7. The van der Waals surface area contributed by atoms with Crippen LogP contribution >= 0.6 is 15.9 Å². The molecule has 4 nitrogen and oxygen atoms in total. The van der Waals surface area contributed by atoms with Gasteiger partial charge in [-0.3, -0.25) is 0 Å². The van der Waals surface area contributed by atoms with E-state index in [1.165, 1.54) is 13.0 Å². The van der Waals surface area contributed by atoms with E-state index in [-0.39, 0.29) is 24.7 Å². The first-order valence-electron chi connectivity index (χ1n) is 6.87. The van der Waals surface area contributed by atoms with Crippen molar-refractivity contribution in [2.24, 2.45) is 0 Å². The second-order valence-corrected chi connectivity index (χ2v) is 5.44. The molecule has 0 saturated carbocycles. The summed E-state index contributed by atoms with van der Waals surface area (Å²) in [7, 11) is 0. The molecule has 1 aromatic rings. The summed E-state index contributed by atoms with van der Waals surface area (Å²) >= 11 is 3.24. The summed E-state index contributed by atoms with van der Waals surface area (Å²) < 4.78 is 55.4. The highest BCUT2D eigenvalue weighted by atomic mass is 79.9. The fourth-order valence-corrected chi connectivity index (χ4v) is 2.54. The fraction of sp³-hybridized carbons (Fsp3) is 0.400. The molecule has 1 heterocycles. The van der Waals surface area contributed by atoms with Crippen molar-refractivity contribution in [1.82, 2.24) is 0 Å². The summed E-state index contributed by atoms with van der Waals surface area (Å²) in [6.07, 6.45) is -6.04. The molecule has 1 aliphatic heterocycles. The molecule has 0 aromatic heterocycles. The molecule has 0 saturated heterocycles. The van der Waals surface area contributed by atoms with Gasteiger partial charge in [-0.05, 0) is 32.1 Å². The van der Waals surface area contributed by atoms with Gasteiger partial charge in [0.15, 0.2) is 11.5 Å². The van der Waals surface area contributed by atoms with Gasteiger partial charge in [0.25, 0.3) is 0 Å². The van der Waals surface area contributed by atoms with Crippen molar-refractivity contribution >= 4 is 28.0 Å². The molecule has 0 fully saturated rings. The van der Waals surface area contributed by atoms with Crippen LogP contribution in [0.1, 0.15) is 19.4 Å². The maximum Gasteiger partial charge on any atom is 0.430 e. The quantitative estimate of drug-likeness (QED) is 0.720. The third-order valence-electron chi connectivity index (χ3n) is 3.03. The summed E-state index contributed by atoms with van der Waals surface area (Å²) in [5, 5.41) is 0. The molecule has 8 heteroatoms. The molecule has 0 spiro atoms. The second kappa shape index (κ2) is 6.82. The number of carbonyl (C=O) groups excluding carboxylic acids is 1. The number of carbonyl (C=O) groups is 1. The molecule has 126 valence electrons. The minimum absolute atomic E-state index is 0.0340. The van der Waals surface area contributed by atoms with Gasteiger partial charge < -0.3 is 14.2 Å². The van der Waals surface area contributed by atoms with E-state index < -0.39 is 23.8 Å². The van der Waals surface area contributed by atoms with Crippen LogP contribution in [0.3, 0.4) is 0 Å². The predicted octanol–water partition coefficient (Wildman–Crippen LogP) is 4.12. The maximum atomic E-state index is 13.3. The zero-order valence-corrected chi connectivity index (χ0v) is 14.0. The average Bonchev–Trinajstić information content (AvgIpc) is 2.48. The zero-order chi connectivity index (χ0) is 17.2. The topological polar surface area (TPSA) is 44.8 Å². The number of benzene rings is 1. The minimum Gasteiger partial charge on any atom is -0.490 e. The van der Waals surface area contributed by atoms with Gasteiger partial charge in [0.1, 0.15) is 0 Å². The molecular weight excluding hydrogens is 381 g/mol. The standard InChI is InChI=1S/C15H14BrF3O4/c1-3-21-11-6-5-10(16)8-7-9(14(20)22-4-2)13(15(17,18)19)23-12(8)11/h5-7,13H,3-4H2,1-2H3. The Balaban J connectivity index is 2.58. The number of halogens is 4. The van der Waals surface area contributed by atoms with Crippen molar-refractivity contribution in [3.8, 4) is 11.5 Å². The van der Waals surface area contributed by atoms with E-state index in [0.717, 1.165) is 6.08 Å². The number of rotatable bonds is 4. The number of hydrogen-bond donors (Lipinski definition) is 0. The molecule has 1 unspecified atom stereocenters. The lowest BCUT2D eigenvalue weighted by Gasteiger charge is -2.29. The van der Waals surface area contributed by atoms with Gasteiger partial charge in [0.2, 0.25) is 6.10 Å². The average molecular weight is 395 g/mol. The molecule has 2 rings (SSSR count). The van der Waals surface area contributed by atoms with Crippen LogP contribution in [0.4, 0.5) is 13.2 Å². The van der Waals surface area contributed by atoms with Crippen LogP contribution in [-0.2, 0) is 9.53 Å². The SMILES string of the molecule is CCOC(=O)C1=Cc2c(Br)ccc(OCC)c2OC1C(F)(F)F. The van der Waals surface area contributed by atoms with Crippen molar-refractivity contribution < 1.29 is 32.2 Å². The van der Waals surface area contributed by atoms with Gasteiger partial charge in [-0.15, -0.1) is 0 Å². The molecule has 1 atom stereocenters. The lowest BCUT2D eigenvalue weighted by atomic mass is 10.0. The van der Waals surface area contributed by atoms with Crippen LogP contribution in [0.5, 0.6) is 11.5 Å². The molecule has 0 radical (unpaired) electrons. The van der Waals surface area contributed by atoms with Crippen LogP contribution < -0.4 is 9.47 Å². The van der Waals surface area contributed by atoms with Gasteiger partial charge in [0.05, 0.1) is 18.8 Å². The molecule has 0 N–H and O–H groups in total. The van der Waals surface area contributed by atoms with Crippen LogP contribution in [0.25, 0.3) is 6.08 Å². The molecule has 0 bridgehead atoms. The largest absolute Gasteiger partial charge is 0.490 e. The predicted molar refractivity (Wildman–Crippen MR) is 80.4 cm³/mol. The Morgan fingerprint density at radius 3 is 2.57 bits per heavy atom. The van der Waals surface area contributed by atoms with Gasteiger partial charge >= 0.3 is 12.1 Å². The lowest BCUT2D eigenvalue weighted by molar-refractivity contribution is -0.188. The molecule has 1 aliphatic rings. The van der Waals surface area contributed by atoms with E-state index in [0.29, 0.717) is 10.0 Å². The Bertz CT molecular complexity index is 640. The van der Waals surface area contributed by atoms with Crippen LogP contribution in [0.2, 0.25) is 0 Å². The molecule has 0 aliphatic carbocycles. The third-order valence-corrected chi connectivity index (χ3v) is 3.72. The zero-order valence-electron chi connectivity index (χ0n) is 12.4. The summed E-state index contributed by atoms with van der Waals surface area (Å²) in [6.45, 7) is 3.45. The smallest absolute Gasteiger partial charge is 0.430 e. The Labute approximate surface area is 139 Å². The first-order chi connectivity index (χ1) is 10.8. The highest BCUT2D eigenvalue weighted by molar-refractivity contribution is 9.10. The second-order valence-electron chi connectivity index (χ2n) is 4.58. The number of fused-ring (bicyclic) bond motifs is 1. The Morgan fingerprint density at radius 2 is 2.00 bits per heavy atom. The van der Waals surface area contributed by atoms with E-state index in [2.05, 4.69) is 15.9 Å². The van der Waals surface area contributed by atoms with Crippen molar-refractivity contribution in [1.29, 1.82) is 0 Å². The third kappa shape index (κ3) is 3.63. The highest BCUT2D eigenvalue weighted by Gasteiger charge is 2.49. The molecule has 0 amide bonds. The van der Waals surface area contributed by atoms with E-state index >= 15 is 0 Å². The Hall–Kier alpha value is -1.70. The number of ether oxygens (including phenoxy) is 3. The lowest BCUT2D eigenvalue weighted by Crippen LogP contribution is -2.41. The summed E-state index contributed by atoms with van der Waals surface area (Å²) in [4.78, 5) is 11.9. The van der Waals surface area contributed by atoms with E-state index in [9.17, 15) is 18.0 Å². The highest BCUT2D eigenvalue weighted by Crippen LogP contribution is 2.45.